The minimum Gasteiger partial charge on any atom is -0.328 e. The Balaban J connectivity index is 3.65. The van der Waals surface area contributed by atoms with Crippen LogP contribution >= 0.6 is 0 Å². The van der Waals surface area contributed by atoms with Crippen molar-refractivity contribution >= 4 is 0 Å². The number of hydrogen-bond donors (Lipinski definition) is 1. The molecular weight excluding hydrogens is 196 g/mol. The van der Waals surface area contributed by atoms with Crippen molar-refractivity contribution in [1.29, 1.82) is 0 Å². The summed E-state index contributed by atoms with van der Waals surface area (Å²) in [5.41, 5.74) is 5.75. The molecule has 0 saturated carbocycles. The van der Waals surface area contributed by atoms with E-state index in [-0.39, 0.29) is 0 Å². The third kappa shape index (κ3) is 8.12. The first kappa shape index (κ1) is 15.9. The van der Waals surface area contributed by atoms with Crippen LogP contribution in [0, 0.1) is 5.92 Å². The van der Waals surface area contributed by atoms with Crippen molar-refractivity contribution in [2.75, 3.05) is 19.6 Å². The van der Waals surface area contributed by atoms with Gasteiger partial charge in [0.25, 0.3) is 0 Å². The summed E-state index contributed by atoms with van der Waals surface area (Å²) in [5.74, 6) is 0.883. The summed E-state index contributed by atoms with van der Waals surface area (Å²) in [6.07, 6.45) is 6.37. The summed E-state index contributed by atoms with van der Waals surface area (Å²) in [7, 11) is 0. The zero-order valence-electron chi connectivity index (χ0n) is 11.8. The molecule has 0 aliphatic rings. The van der Waals surface area contributed by atoms with E-state index in [4.69, 9.17) is 5.73 Å². The fourth-order valence-corrected chi connectivity index (χ4v) is 2.09. The molecule has 2 heteroatoms. The molecule has 0 aromatic heterocycles. The van der Waals surface area contributed by atoms with E-state index in [1.807, 2.05) is 0 Å². The Morgan fingerprint density at radius 3 is 2.12 bits per heavy atom. The second-order valence-electron chi connectivity index (χ2n) is 5.05. The molecule has 0 aliphatic carbocycles. The van der Waals surface area contributed by atoms with Crippen molar-refractivity contribution in [1.82, 2.24) is 4.90 Å². The molecule has 0 aromatic rings. The molecule has 0 heterocycles. The zero-order valence-corrected chi connectivity index (χ0v) is 11.8. The van der Waals surface area contributed by atoms with E-state index in [0.717, 1.165) is 5.92 Å². The topological polar surface area (TPSA) is 29.3 Å². The molecule has 0 aliphatic heterocycles. The average Bonchev–Trinajstić information content (AvgIpc) is 2.28. The molecule has 1 atom stereocenters. The highest BCUT2D eigenvalue weighted by Crippen LogP contribution is 2.10. The van der Waals surface area contributed by atoms with Crippen LogP contribution in [0.2, 0.25) is 0 Å². The van der Waals surface area contributed by atoms with Crippen LogP contribution in [0.4, 0.5) is 0 Å². The van der Waals surface area contributed by atoms with Gasteiger partial charge in [-0.2, -0.15) is 0 Å². The largest absolute Gasteiger partial charge is 0.328 e. The van der Waals surface area contributed by atoms with Crippen LogP contribution < -0.4 is 5.73 Å². The Hall–Kier alpha value is -0.0800. The molecule has 0 spiro atoms. The lowest BCUT2D eigenvalue weighted by molar-refractivity contribution is 0.229. The Kier molecular flexibility index (Phi) is 10.0. The quantitative estimate of drug-likeness (QED) is 0.582. The summed E-state index contributed by atoms with van der Waals surface area (Å²) in [6, 6.07) is 0.370. The summed E-state index contributed by atoms with van der Waals surface area (Å²) in [4.78, 5) is 2.60. The third-order valence-corrected chi connectivity index (χ3v) is 3.50. The number of nitrogens with zero attached hydrogens (tertiary/aromatic N) is 1. The molecule has 98 valence electrons. The normalized spacial score (nSPS) is 13.7. The van der Waals surface area contributed by atoms with E-state index in [1.165, 1.54) is 51.7 Å². The Bertz CT molecular complexity index is 142. The highest BCUT2D eigenvalue weighted by molar-refractivity contribution is 4.64. The predicted octanol–water partition coefficient (Wildman–Crippen LogP) is 3.26. The van der Waals surface area contributed by atoms with Crippen molar-refractivity contribution in [2.45, 2.75) is 65.8 Å². The molecule has 0 rings (SSSR count). The van der Waals surface area contributed by atoms with Gasteiger partial charge in [-0.25, -0.2) is 0 Å². The van der Waals surface area contributed by atoms with Crippen LogP contribution in [0.5, 0.6) is 0 Å². The monoisotopic (exact) mass is 228 g/mol. The molecule has 2 N–H and O–H groups in total. The van der Waals surface area contributed by atoms with E-state index in [9.17, 15) is 0 Å². The highest BCUT2D eigenvalue weighted by Gasteiger charge is 2.09. The van der Waals surface area contributed by atoms with Gasteiger partial charge in [-0.15, -0.1) is 0 Å². The van der Waals surface area contributed by atoms with E-state index < -0.39 is 0 Å². The Labute approximate surface area is 103 Å². The lowest BCUT2D eigenvalue weighted by Gasteiger charge is -2.25. The highest BCUT2D eigenvalue weighted by atomic mass is 15.1. The number of nitrogens with two attached hydrogens (primary N) is 1. The first-order valence-corrected chi connectivity index (χ1v) is 7.11. The second kappa shape index (κ2) is 10.1. The van der Waals surface area contributed by atoms with Crippen molar-refractivity contribution in [3.8, 4) is 0 Å². The van der Waals surface area contributed by atoms with Crippen LogP contribution in [0.3, 0.4) is 0 Å². The van der Waals surface area contributed by atoms with E-state index >= 15 is 0 Å². The molecule has 0 fully saturated rings. The maximum atomic E-state index is 5.75. The van der Waals surface area contributed by atoms with Gasteiger partial charge in [0.15, 0.2) is 0 Å². The van der Waals surface area contributed by atoms with Crippen molar-refractivity contribution < 1.29 is 0 Å². The molecular formula is C14H32N2. The lowest BCUT2D eigenvalue weighted by Crippen LogP contribution is -2.30. The number of rotatable bonds is 10. The summed E-state index contributed by atoms with van der Waals surface area (Å²) < 4.78 is 0. The van der Waals surface area contributed by atoms with Crippen molar-refractivity contribution in [3.05, 3.63) is 0 Å². The minimum atomic E-state index is 0.370. The molecule has 0 saturated heterocycles. The molecule has 16 heavy (non-hydrogen) atoms. The third-order valence-electron chi connectivity index (χ3n) is 3.50. The predicted molar refractivity (Wildman–Crippen MR) is 73.7 cm³/mol. The van der Waals surface area contributed by atoms with Crippen LogP contribution in [0.1, 0.15) is 59.8 Å². The summed E-state index contributed by atoms with van der Waals surface area (Å²) in [6.45, 7) is 12.7. The van der Waals surface area contributed by atoms with Gasteiger partial charge in [-0.05, 0) is 38.8 Å². The van der Waals surface area contributed by atoms with E-state index in [0.29, 0.717) is 6.04 Å². The van der Waals surface area contributed by atoms with Crippen LogP contribution in [0.15, 0.2) is 0 Å². The molecule has 2 nitrogen and oxygen atoms in total. The lowest BCUT2D eigenvalue weighted by atomic mass is 10.0. The second-order valence-corrected chi connectivity index (χ2v) is 5.05. The van der Waals surface area contributed by atoms with Gasteiger partial charge in [0.2, 0.25) is 0 Å². The van der Waals surface area contributed by atoms with Gasteiger partial charge in [0.05, 0.1) is 0 Å². The van der Waals surface area contributed by atoms with E-state index in [2.05, 4.69) is 32.6 Å². The fourth-order valence-electron chi connectivity index (χ4n) is 2.09. The first-order valence-electron chi connectivity index (χ1n) is 7.11. The van der Waals surface area contributed by atoms with Crippen LogP contribution in [-0.4, -0.2) is 30.6 Å². The molecule has 0 radical (unpaired) electrons. The molecule has 1 unspecified atom stereocenters. The molecule has 0 amide bonds. The Morgan fingerprint density at radius 2 is 1.69 bits per heavy atom. The van der Waals surface area contributed by atoms with Crippen molar-refractivity contribution in [2.24, 2.45) is 11.7 Å². The van der Waals surface area contributed by atoms with Gasteiger partial charge in [0.1, 0.15) is 0 Å². The minimum absolute atomic E-state index is 0.370. The van der Waals surface area contributed by atoms with Gasteiger partial charge < -0.3 is 10.6 Å². The van der Waals surface area contributed by atoms with Gasteiger partial charge in [-0.3, -0.25) is 0 Å². The van der Waals surface area contributed by atoms with Gasteiger partial charge in [0, 0.05) is 12.6 Å². The van der Waals surface area contributed by atoms with Gasteiger partial charge in [-0.1, -0.05) is 40.0 Å². The maximum Gasteiger partial charge on any atom is 0.00104 e. The summed E-state index contributed by atoms with van der Waals surface area (Å²) in [5, 5.41) is 0. The first-order chi connectivity index (χ1) is 7.63. The smallest absolute Gasteiger partial charge is 0.00104 e. The number of hydrogen-bond acceptors (Lipinski definition) is 2. The van der Waals surface area contributed by atoms with Crippen LogP contribution in [0.25, 0.3) is 0 Å². The Morgan fingerprint density at radius 1 is 1.06 bits per heavy atom. The summed E-state index contributed by atoms with van der Waals surface area (Å²) >= 11 is 0. The SMILES string of the molecule is CCC(CC)CN(CC)CCCCC(C)N. The standard InChI is InChI=1S/C14H32N2/c1-5-14(6-2)12-16(7-3)11-9-8-10-13(4)15/h13-14H,5-12,15H2,1-4H3. The zero-order chi connectivity index (χ0) is 12.4. The molecule has 0 bridgehead atoms. The van der Waals surface area contributed by atoms with Crippen molar-refractivity contribution in [3.63, 3.8) is 0 Å². The molecule has 0 aromatic carbocycles. The van der Waals surface area contributed by atoms with E-state index in [1.54, 1.807) is 0 Å². The van der Waals surface area contributed by atoms with Crippen LogP contribution in [-0.2, 0) is 0 Å². The fraction of sp³-hybridized carbons (Fsp3) is 1.00. The average molecular weight is 228 g/mol. The van der Waals surface area contributed by atoms with Gasteiger partial charge >= 0.3 is 0 Å². The number of unbranched alkanes of at least 4 members (excludes halogenated alkanes) is 1. The maximum absolute atomic E-state index is 5.75.